The summed E-state index contributed by atoms with van der Waals surface area (Å²) in [6, 6.07) is 1.95. The van der Waals surface area contributed by atoms with Gasteiger partial charge >= 0.3 is 12.3 Å². The average Bonchev–Trinajstić information content (AvgIpc) is 3.45. The minimum Gasteiger partial charge on any atom is -0.444 e. The summed E-state index contributed by atoms with van der Waals surface area (Å²) in [7, 11) is 0. The predicted octanol–water partition coefficient (Wildman–Crippen LogP) is 4.93. The van der Waals surface area contributed by atoms with E-state index >= 15 is 0 Å². The molecule has 2 aliphatic heterocycles. The van der Waals surface area contributed by atoms with E-state index in [2.05, 4.69) is 15.4 Å². The van der Waals surface area contributed by atoms with Crippen LogP contribution < -0.4 is 15.8 Å². The molecule has 0 saturated carbocycles. The molecular weight excluding hydrogens is 643 g/mol. The fourth-order valence-electron chi connectivity index (χ4n) is 5.59. The lowest BCUT2D eigenvalue weighted by molar-refractivity contribution is -0.137. The summed E-state index contributed by atoms with van der Waals surface area (Å²) in [5, 5.41) is 6.64. The van der Waals surface area contributed by atoms with Crippen LogP contribution in [0.4, 0.5) is 29.3 Å². The summed E-state index contributed by atoms with van der Waals surface area (Å²) in [5.74, 6) is -0.208. The number of nitrogens with one attached hydrogen (secondary N) is 1. The van der Waals surface area contributed by atoms with E-state index < -0.39 is 39.9 Å². The van der Waals surface area contributed by atoms with E-state index in [9.17, 15) is 27.6 Å². The molecule has 12 nitrogen and oxygen atoms in total. The van der Waals surface area contributed by atoms with Crippen molar-refractivity contribution in [2.75, 3.05) is 49.6 Å². The molecule has 47 heavy (non-hydrogen) atoms. The molecule has 1 aromatic carbocycles. The van der Waals surface area contributed by atoms with E-state index in [0.29, 0.717) is 75.0 Å². The summed E-state index contributed by atoms with van der Waals surface area (Å²) in [4.78, 5) is 48.4. The Morgan fingerprint density at radius 2 is 1.83 bits per heavy atom. The standard InChI is InChI=1S/C31H37ClF3N7O5/c1-6-23-25(39-9-11-40(12-10-39)29(45)47-30(3,4)5)27(44)42-28(37-26(38-42)19-7-13-46-14-8-19)41(23)17-24(43)36-22-16-20(31(33,34)35)21(32)15-18(22)2/h7,15-16H,6,8-14,17H2,1-5H3,(H,36,43). The smallest absolute Gasteiger partial charge is 0.417 e. The third kappa shape index (κ3) is 7.40. The van der Waals surface area contributed by atoms with Crippen LogP contribution >= 0.6 is 11.6 Å². The third-order valence-corrected chi connectivity index (χ3v) is 8.17. The van der Waals surface area contributed by atoms with Gasteiger partial charge in [-0.3, -0.25) is 9.59 Å². The Kier molecular flexibility index (Phi) is 9.60. The number of carbonyl (C=O) groups is 2. The first-order chi connectivity index (χ1) is 22.1. The molecule has 3 aromatic rings. The van der Waals surface area contributed by atoms with Crippen LogP contribution in [0.25, 0.3) is 11.4 Å². The number of aromatic nitrogens is 4. The normalized spacial score (nSPS) is 16.0. The van der Waals surface area contributed by atoms with Crippen LogP contribution in [0, 0.1) is 6.92 Å². The Morgan fingerprint density at radius 3 is 2.43 bits per heavy atom. The number of benzene rings is 1. The minimum atomic E-state index is -4.72. The second-order valence-corrected chi connectivity index (χ2v) is 12.8. The van der Waals surface area contributed by atoms with Crippen LogP contribution in [0.5, 0.6) is 0 Å². The van der Waals surface area contributed by atoms with Gasteiger partial charge in [-0.25, -0.2) is 4.79 Å². The van der Waals surface area contributed by atoms with Crippen molar-refractivity contribution in [3.63, 3.8) is 0 Å². The summed E-state index contributed by atoms with van der Waals surface area (Å²) in [6.07, 6.45) is -2.49. The van der Waals surface area contributed by atoms with Gasteiger partial charge < -0.3 is 29.2 Å². The van der Waals surface area contributed by atoms with Gasteiger partial charge in [-0.1, -0.05) is 24.6 Å². The van der Waals surface area contributed by atoms with Gasteiger partial charge in [0.25, 0.3) is 5.56 Å². The second-order valence-electron chi connectivity index (χ2n) is 12.4. The predicted molar refractivity (Wildman–Crippen MR) is 170 cm³/mol. The largest absolute Gasteiger partial charge is 0.444 e. The molecule has 254 valence electrons. The summed E-state index contributed by atoms with van der Waals surface area (Å²) < 4.78 is 54.4. The number of hydrogen-bond donors (Lipinski definition) is 1. The molecule has 1 saturated heterocycles. The fraction of sp³-hybridized carbons (Fsp3) is 0.516. The number of piperazine rings is 1. The number of aryl methyl sites for hydroxylation is 1. The van der Waals surface area contributed by atoms with Crippen molar-refractivity contribution in [3.8, 4) is 0 Å². The van der Waals surface area contributed by atoms with Crippen LogP contribution in [0.15, 0.2) is 23.0 Å². The van der Waals surface area contributed by atoms with Crippen molar-refractivity contribution >= 4 is 46.3 Å². The Bertz CT molecular complexity index is 1790. The summed E-state index contributed by atoms with van der Waals surface area (Å²) in [6.45, 7) is 10.4. The zero-order chi connectivity index (χ0) is 34.3. The number of anilines is 2. The van der Waals surface area contributed by atoms with E-state index in [4.69, 9.17) is 21.1 Å². The lowest BCUT2D eigenvalue weighted by Gasteiger charge is -2.37. The number of rotatable bonds is 6. The summed E-state index contributed by atoms with van der Waals surface area (Å²) in [5.41, 5.74) is -0.284. The van der Waals surface area contributed by atoms with Crippen molar-refractivity contribution in [3.05, 3.63) is 56.2 Å². The van der Waals surface area contributed by atoms with Crippen LogP contribution in [0.3, 0.4) is 0 Å². The molecule has 4 heterocycles. The first kappa shape index (κ1) is 34.2. The molecule has 0 radical (unpaired) electrons. The number of carbonyl (C=O) groups excluding carboxylic acids is 2. The maximum atomic E-state index is 14.1. The highest BCUT2D eigenvalue weighted by molar-refractivity contribution is 6.31. The van der Waals surface area contributed by atoms with Gasteiger partial charge in [0.15, 0.2) is 5.82 Å². The van der Waals surface area contributed by atoms with Gasteiger partial charge in [0, 0.05) is 31.9 Å². The fourth-order valence-corrected chi connectivity index (χ4v) is 5.92. The molecule has 1 N–H and O–H groups in total. The molecule has 0 bridgehead atoms. The highest BCUT2D eigenvalue weighted by atomic mass is 35.5. The molecule has 2 aromatic heterocycles. The Balaban J connectivity index is 1.54. The lowest BCUT2D eigenvalue weighted by Crippen LogP contribution is -2.51. The maximum absolute atomic E-state index is 14.1. The topological polar surface area (TPSA) is 123 Å². The molecule has 2 amide bonds. The van der Waals surface area contributed by atoms with Gasteiger partial charge in [-0.15, -0.1) is 5.10 Å². The van der Waals surface area contributed by atoms with Crippen molar-refractivity contribution in [1.29, 1.82) is 0 Å². The van der Waals surface area contributed by atoms with Crippen molar-refractivity contribution in [2.45, 2.75) is 65.8 Å². The monoisotopic (exact) mass is 679 g/mol. The van der Waals surface area contributed by atoms with E-state index in [1.54, 1.807) is 30.2 Å². The van der Waals surface area contributed by atoms with Crippen LogP contribution in [-0.2, 0) is 33.4 Å². The van der Waals surface area contributed by atoms with Gasteiger partial charge in [-0.2, -0.15) is 22.7 Å². The quantitative estimate of drug-likeness (QED) is 0.389. The zero-order valence-electron chi connectivity index (χ0n) is 26.8. The lowest BCUT2D eigenvalue weighted by atomic mass is 10.1. The van der Waals surface area contributed by atoms with E-state index in [0.717, 1.165) is 22.2 Å². The first-order valence-electron chi connectivity index (χ1n) is 15.3. The Labute approximate surface area is 274 Å². The molecule has 1 fully saturated rings. The first-order valence-corrected chi connectivity index (χ1v) is 15.6. The van der Waals surface area contributed by atoms with Gasteiger partial charge in [-0.05, 0) is 63.8 Å². The highest BCUT2D eigenvalue weighted by Gasteiger charge is 2.34. The number of hydrogen-bond acceptors (Lipinski definition) is 8. The number of alkyl halides is 3. The van der Waals surface area contributed by atoms with Gasteiger partial charge in [0.2, 0.25) is 11.7 Å². The number of ether oxygens (including phenoxy) is 2. The molecule has 0 unspecified atom stereocenters. The van der Waals surface area contributed by atoms with Crippen molar-refractivity contribution in [1.82, 2.24) is 24.1 Å². The average molecular weight is 680 g/mol. The number of fused-ring (bicyclic) bond motifs is 1. The van der Waals surface area contributed by atoms with Crippen LogP contribution in [0.1, 0.15) is 56.8 Å². The van der Waals surface area contributed by atoms with Gasteiger partial charge in [0.05, 0.1) is 29.5 Å². The van der Waals surface area contributed by atoms with E-state index in [1.165, 1.54) is 6.92 Å². The molecule has 5 rings (SSSR count). The minimum absolute atomic E-state index is 0.0464. The molecular formula is C31H37ClF3N7O5. The molecule has 0 aliphatic carbocycles. The van der Waals surface area contributed by atoms with E-state index in [1.807, 2.05) is 17.9 Å². The van der Waals surface area contributed by atoms with Crippen LogP contribution in [-0.4, -0.2) is 81.1 Å². The molecule has 0 spiro atoms. The maximum Gasteiger partial charge on any atom is 0.417 e. The third-order valence-electron chi connectivity index (χ3n) is 7.85. The Morgan fingerprint density at radius 1 is 1.13 bits per heavy atom. The highest BCUT2D eigenvalue weighted by Crippen LogP contribution is 2.37. The summed E-state index contributed by atoms with van der Waals surface area (Å²) >= 11 is 5.85. The van der Waals surface area contributed by atoms with Gasteiger partial charge in [0.1, 0.15) is 17.8 Å². The SMILES string of the molecule is CCc1c(N2CCN(C(=O)OC(C)(C)C)CC2)c(=O)n2nc(C3=CCOCC3)nc2n1CC(=O)Nc1cc(C(F)(F)F)c(Cl)cc1C. The second kappa shape index (κ2) is 13.2. The van der Waals surface area contributed by atoms with E-state index in [-0.39, 0.29) is 18.0 Å². The molecule has 0 atom stereocenters. The number of nitrogens with zero attached hydrogens (tertiary/aromatic N) is 6. The molecule has 16 heteroatoms. The Hall–Kier alpha value is -4.11. The molecule has 2 aliphatic rings. The number of halogens is 4. The van der Waals surface area contributed by atoms with Crippen molar-refractivity contribution < 1.29 is 32.2 Å². The van der Waals surface area contributed by atoms with Crippen LogP contribution in [0.2, 0.25) is 5.02 Å². The number of amides is 2. The zero-order valence-corrected chi connectivity index (χ0v) is 27.6. The van der Waals surface area contributed by atoms with Crippen molar-refractivity contribution in [2.24, 2.45) is 0 Å².